The van der Waals surface area contributed by atoms with Gasteiger partial charge in [-0.25, -0.2) is 13.6 Å². The van der Waals surface area contributed by atoms with Crippen molar-refractivity contribution in [3.8, 4) is 0 Å². The van der Waals surface area contributed by atoms with E-state index in [0.29, 0.717) is 11.1 Å². The average Bonchev–Trinajstić information content (AvgIpc) is 2.24. The Kier molecular flexibility index (Phi) is 4.17. The van der Waals surface area contributed by atoms with Crippen LogP contribution in [0.1, 0.15) is 19.4 Å². The Hall–Kier alpha value is -1.71. The van der Waals surface area contributed by atoms with Crippen LogP contribution in [-0.2, 0) is 9.53 Å². The zero-order valence-electron chi connectivity index (χ0n) is 9.09. The van der Waals surface area contributed by atoms with E-state index in [0.717, 1.165) is 12.1 Å². The molecule has 86 valence electrons. The molecule has 0 saturated heterocycles. The highest BCUT2D eigenvalue weighted by Crippen LogP contribution is 2.12. The Labute approximate surface area is 92.5 Å². The maximum atomic E-state index is 12.9. The van der Waals surface area contributed by atoms with Gasteiger partial charge in [-0.1, -0.05) is 6.07 Å². The summed E-state index contributed by atoms with van der Waals surface area (Å²) in [5.41, 5.74) is 0.761. The summed E-state index contributed by atoms with van der Waals surface area (Å²) >= 11 is 0. The van der Waals surface area contributed by atoms with Crippen LogP contribution in [0.3, 0.4) is 0 Å². The molecule has 1 aromatic rings. The van der Waals surface area contributed by atoms with Crippen molar-refractivity contribution in [1.82, 2.24) is 0 Å². The first-order valence-electron chi connectivity index (χ1n) is 4.85. The molecule has 2 nitrogen and oxygen atoms in total. The summed E-state index contributed by atoms with van der Waals surface area (Å²) in [5, 5.41) is 0. The van der Waals surface area contributed by atoms with Gasteiger partial charge in [-0.2, -0.15) is 0 Å². The number of ether oxygens (including phenoxy) is 1. The Morgan fingerprint density at radius 1 is 1.38 bits per heavy atom. The minimum atomic E-state index is -0.939. The van der Waals surface area contributed by atoms with E-state index in [2.05, 4.69) is 0 Å². The summed E-state index contributed by atoms with van der Waals surface area (Å²) in [4.78, 5) is 11.2. The van der Waals surface area contributed by atoms with E-state index in [9.17, 15) is 13.6 Å². The van der Waals surface area contributed by atoms with Crippen molar-refractivity contribution in [1.29, 1.82) is 0 Å². The number of benzene rings is 1. The monoisotopic (exact) mass is 226 g/mol. The molecule has 0 N–H and O–H groups in total. The first-order chi connectivity index (χ1) is 7.54. The molecule has 0 saturated carbocycles. The highest BCUT2D eigenvalue weighted by Gasteiger charge is 2.06. The van der Waals surface area contributed by atoms with Crippen LogP contribution in [0.5, 0.6) is 0 Å². The second kappa shape index (κ2) is 5.39. The fraction of sp³-hybridized carbons (Fsp3) is 0.250. The predicted molar refractivity (Wildman–Crippen MR) is 56.6 cm³/mol. The van der Waals surface area contributed by atoms with Crippen molar-refractivity contribution in [2.24, 2.45) is 0 Å². The zero-order chi connectivity index (χ0) is 12.1. The van der Waals surface area contributed by atoms with Crippen molar-refractivity contribution < 1.29 is 18.3 Å². The van der Waals surface area contributed by atoms with E-state index in [1.807, 2.05) is 0 Å². The number of halogens is 2. The second-order valence-corrected chi connectivity index (χ2v) is 3.22. The van der Waals surface area contributed by atoms with Crippen LogP contribution in [0.15, 0.2) is 23.8 Å². The maximum Gasteiger partial charge on any atom is 0.333 e. The molecule has 0 unspecified atom stereocenters. The van der Waals surface area contributed by atoms with Crippen molar-refractivity contribution in [2.75, 3.05) is 6.61 Å². The molecule has 0 radical (unpaired) electrons. The molecule has 1 rings (SSSR count). The van der Waals surface area contributed by atoms with Crippen molar-refractivity contribution >= 4 is 12.0 Å². The molecule has 0 atom stereocenters. The molecule has 0 fully saturated rings. The first kappa shape index (κ1) is 12.4. The molecule has 0 bridgehead atoms. The first-order valence-corrected chi connectivity index (χ1v) is 4.85. The molecule has 0 aliphatic rings. The average molecular weight is 226 g/mol. The lowest BCUT2D eigenvalue weighted by molar-refractivity contribution is -0.138. The number of hydrogen-bond acceptors (Lipinski definition) is 2. The lowest BCUT2D eigenvalue weighted by Gasteiger charge is -2.01. The van der Waals surface area contributed by atoms with Crippen LogP contribution in [0.4, 0.5) is 8.78 Å². The van der Waals surface area contributed by atoms with Crippen LogP contribution in [0, 0.1) is 11.6 Å². The summed E-state index contributed by atoms with van der Waals surface area (Å²) in [7, 11) is 0. The molecule has 16 heavy (non-hydrogen) atoms. The van der Waals surface area contributed by atoms with Crippen molar-refractivity contribution in [2.45, 2.75) is 13.8 Å². The van der Waals surface area contributed by atoms with Gasteiger partial charge >= 0.3 is 5.97 Å². The fourth-order valence-electron chi connectivity index (χ4n) is 1.16. The molecule has 4 heteroatoms. The van der Waals surface area contributed by atoms with E-state index in [4.69, 9.17) is 4.74 Å². The number of esters is 1. The highest BCUT2D eigenvalue weighted by molar-refractivity contribution is 5.92. The van der Waals surface area contributed by atoms with Gasteiger partial charge in [0.05, 0.1) is 6.61 Å². The lowest BCUT2D eigenvalue weighted by Crippen LogP contribution is -2.04. The van der Waals surface area contributed by atoms with E-state index < -0.39 is 17.6 Å². The van der Waals surface area contributed by atoms with Crippen LogP contribution in [-0.4, -0.2) is 12.6 Å². The standard InChI is InChI=1S/C12H12F2O2/c1-3-16-12(15)8(2)6-9-4-5-10(13)11(14)7-9/h4-7H,3H2,1-2H3/b8-6+. The summed E-state index contributed by atoms with van der Waals surface area (Å²) in [6, 6.07) is 3.43. The van der Waals surface area contributed by atoms with Crippen LogP contribution < -0.4 is 0 Å². The van der Waals surface area contributed by atoms with Crippen LogP contribution in [0.2, 0.25) is 0 Å². The van der Waals surface area contributed by atoms with Gasteiger partial charge in [0, 0.05) is 5.57 Å². The summed E-state index contributed by atoms with van der Waals surface area (Å²) < 4.78 is 30.2. The molecule has 0 spiro atoms. The number of carbonyl (C=O) groups is 1. The van der Waals surface area contributed by atoms with Gasteiger partial charge in [0.2, 0.25) is 0 Å². The lowest BCUT2D eigenvalue weighted by atomic mass is 10.1. The Bertz CT molecular complexity index is 425. The zero-order valence-corrected chi connectivity index (χ0v) is 9.09. The summed E-state index contributed by atoms with van der Waals surface area (Å²) in [5.74, 6) is -2.32. The van der Waals surface area contributed by atoms with Gasteiger partial charge in [-0.15, -0.1) is 0 Å². The number of hydrogen-bond donors (Lipinski definition) is 0. The topological polar surface area (TPSA) is 26.3 Å². The van der Waals surface area contributed by atoms with Gasteiger partial charge in [0.1, 0.15) is 0 Å². The second-order valence-electron chi connectivity index (χ2n) is 3.22. The number of rotatable bonds is 3. The maximum absolute atomic E-state index is 12.9. The molecule has 0 amide bonds. The number of carbonyl (C=O) groups excluding carboxylic acids is 1. The third-order valence-corrected chi connectivity index (χ3v) is 1.92. The summed E-state index contributed by atoms with van der Waals surface area (Å²) in [6.07, 6.45) is 1.44. The third-order valence-electron chi connectivity index (χ3n) is 1.92. The normalized spacial score (nSPS) is 11.4. The van der Waals surface area contributed by atoms with Crippen molar-refractivity contribution in [3.63, 3.8) is 0 Å². The molecule has 0 heterocycles. The van der Waals surface area contributed by atoms with Crippen molar-refractivity contribution in [3.05, 3.63) is 41.0 Å². The molecule has 0 aliphatic carbocycles. The molecular formula is C12H12F2O2. The summed E-state index contributed by atoms with van der Waals surface area (Å²) in [6.45, 7) is 3.53. The molecular weight excluding hydrogens is 214 g/mol. The molecule has 1 aromatic carbocycles. The van der Waals surface area contributed by atoms with E-state index in [-0.39, 0.29) is 6.61 Å². The van der Waals surface area contributed by atoms with Crippen LogP contribution in [0.25, 0.3) is 6.08 Å². The smallest absolute Gasteiger partial charge is 0.333 e. The van der Waals surface area contributed by atoms with Crippen LogP contribution >= 0.6 is 0 Å². The minimum Gasteiger partial charge on any atom is -0.463 e. The minimum absolute atomic E-state index is 0.280. The fourth-order valence-corrected chi connectivity index (χ4v) is 1.16. The molecule has 0 aromatic heterocycles. The van der Waals surface area contributed by atoms with E-state index in [1.165, 1.54) is 12.1 Å². The van der Waals surface area contributed by atoms with E-state index in [1.54, 1.807) is 13.8 Å². The van der Waals surface area contributed by atoms with Gasteiger partial charge < -0.3 is 4.74 Å². The Balaban J connectivity index is 2.89. The molecule has 0 aliphatic heterocycles. The van der Waals surface area contributed by atoms with Gasteiger partial charge in [-0.3, -0.25) is 0 Å². The predicted octanol–water partition coefficient (Wildman–Crippen LogP) is 2.93. The quantitative estimate of drug-likeness (QED) is 0.585. The third kappa shape index (κ3) is 3.15. The van der Waals surface area contributed by atoms with Gasteiger partial charge in [0.25, 0.3) is 0 Å². The SMILES string of the molecule is CCOC(=O)/C(C)=C/c1ccc(F)c(F)c1. The largest absolute Gasteiger partial charge is 0.463 e. The highest BCUT2D eigenvalue weighted by atomic mass is 19.2. The van der Waals surface area contributed by atoms with Gasteiger partial charge in [0.15, 0.2) is 11.6 Å². The Morgan fingerprint density at radius 3 is 2.62 bits per heavy atom. The Morgan fingerprint density at radius 2 is 2.06 bits per heavy atom. The van der Waals surface area contributed by atoms with Gasteiger partial charge in [-0.05, 0) is 37.6 Å². The van der Waals surface area contributed by atoms with E-state index >= 15 is 0 Å².